The van der Waals surface area contributed by atoms with E-state index in [0.29, 0.717) is 0 Å². The van der Waals surface area contributed by atoms with Crippen molar-refractivity contribution >= 4 is 11.7 Å². The Morgan fingerprint density at radius 1 is 1.10 bits per heavy atom. The van der Waals surface area contributed by atoms with Crippen molar-refractivity contribution in [3.63, 3.8) is 0 Å². The van der Waals surface area contributed by atoms with Gasteiger partial charge in [0.2, 0.25) is 0 Å². The van der Waals surface area contributed by atoms with E-state index in [1.165, 1.54) is 11.1 Å². The lowest BCUT2D eigenvalue weighted by molar-refractivity contribution is 0.787. The van der Waals surface area contributed by atoms with E-state index in [-0.39, 0.29) is 5.84 Å². The number of benzene rings is 1. The van der Waals surface area contributed by atoms with Gasteiger partial charge in [-0.3, -0.25) is 5.41 Å². The van der Waals surface area contributed by atoms with Crippen LogP contribution in [-0.4, -0.2) is 23.9 Å². The molecule has 0 fully saturated rings. The third-order valence-electron chi connectivity index (χ3n) is 4.02. The lowest BCUT2D eigenvalue weighted by Gasteiger charge is -2.24. The number of nitrogens with one attached hydrogen (secondary N) is 1. The number of hydrogen-bond donors (Lipinski definition) is 2. The standard InChI is InChI=1S/C17H20N4/c1-12-6-7-15(16(18)19)17(20-12)21-10-8-13-4-2-3-5-14(13)9-11-21/h2-7H,8-11H2,1H3,(H3,18,19). The molecule has 0 bridgehead atoms. The van der Waals surface area contributed by atoms with Crippen LogP contribution in [0.5, 0.6) is 0 Å². The molecule has 0 aliphatic carbocycles. The smallest absolute Gasteiger partial charge is 0.139 e. The average Bonchev–Trinajstić information content (AvgIpc) is 2.69. The first kappa shape index (κ1) is 13.6. The Morgan fingerprint density at radius 3 is 2.29 bits per heavy atom. The highest BCUT2D eigenvalue weighted by Gasteiger charge is 2.18. The van der Waals surface area contributed by atoms with Crippen molar-refractivity contribution in [3.8, 4) is 0 Å². The van der Waals surface area contributed by atoms with E-state index < -0.39 is 0 Å². The molecule has 2 aromatic rings. The molecule has 21 heavy (non-hydrogen) atoms. The Morgan fingerprint density at radius 2 is 1.71 bits per heavy atom. The van der Waals surface area contributed by atoms with Gasteiger partial charge in [0.1, 0.15) is 11.7 Å². The second-order valence-corrected chi connectivity index (χ2v) is 5.49. The number of fused-ring (bicyclic) bond motifs is 1. The predicted molar refractivity (Wildman–Crippen MR) is 86.1 cm³/mol. The molecule has 108 valence electrons. The van der Waals surface area contributed by atoms with Crippen LogP contribution in [0.2, 0.25) is 0 Å². The average molecular weight is 280 g/mol. The summed E-state index contributed by atoms with van der Waals surface area (Å²) < 4.78 is 0. The van der Waals surface area contributed by atoms with Gasteiger partial charge in [-0.2, -0.15) is 0 Å². The van der Waals surface area contributed by atoms with E-state index in [9.17, 15) is 0 Å². The lowest BCUT2D eigenvalue weighted by atomic mass is 10.0. The van der Waals surface area contributed by atoms with Crippen LogP contribution in [0.4, 0.5) is 5.82 Å². The van der Waals surface area contributed by atoms with Crippen molar-refractivity contribution in [3.05, 3.63) is 58.8 Å². The Labute approximate surface area is 125 Å². The number of nitrogen functional groups attached to an aromatic ring is 1. The molecular formula is C17H20N4. The highest BCUT2D eigenvalue weighted by atomic mass is 15.2. The molecule has 1 aliphatic heterocycles. The van der Waals surface area contributed by atoms with Crippen LogP contribution >= 0.6 is 0 Å². The van der Waals surface area contributed by atoms with Gasteiger partial charge in [0, 0.05) is 18.8 Å². The summed E-state index contributed by atoms with van der Waals surface area (Å²) in [7, 11) is 0. The minimum Gasteiger partial charge on any atom is -0.384 e. The SMILES string of the molecule is Cc1ccc(C(=N)N)c(N2CCc3ccccc3CC2)n1. The van der Waals surface area contributed by atoms with Crippen LogP contribution in [0.1, 0.15) is 22.4 Å². The van der Waals surface area contributed by atoms with Gasteiger partial charge in [-0.15, -0.1) is 0 Å². The van der Waals surface area contributed by atoms with Crippen molar-refractivity contribution in [1.29, 1.82) is 5.41 Å². The van der Waals surface area contributed by atoms with Gasteiger partial charge >= 0.3 is 0 Å². The first-order chi connectivity index (χ1) is 10.1. The quantitative estimate of drug-likeness (QED) is 0.655. The summed E-state index contributed by atoms with van der Waals surface area (Å²) in [5.41, 5.74) is 10.2. The maximum Gasteiger partial charge on any atom is 0.139 e. The van der Waals surface area contributed by atoms with Crippen molar-refractivity contribution in [2.75, 3.05) is 18.0 Å². The summed E-state index contributed by atoms with van der Waals surface area (Å²) in [4.78, 5) is 6.88. The molecule has 1 aromatic heterocycles. The lowest BCUT2D eigenvalue weighted by Crippen LogP contribution is -2.30. The molecule has 0 unspecified atom stereocenters. The van der Waals surface area contributed by atoms with Gasteiger partial charge in [0.05, 0.1) is 5.56 Å². The van der Waals surface area contributed by atoms with Gasteiger partial charge < -0.3 is 10.6 Å². The normalized spacial score (nSPS) is 14.4. The summed E-state index contributed by atoms with van der Waals surface area (Å²) in [5.74, 6) is 0.926. The maximum atomic E-state index is 7.76. The van der Waals surface area contributed by atoms with Crippen LogP contribution in [0, 0.1) is 12.3 Å². The molecule has 0 radical (unpaired) electrons. The van der Waals surface area contributed by atoms with Crippen molar-refractivity contribution in [1.82, 2.24) is 4.98 Å². The maximum absolute atomic E-state index is 7.76. The molecular weight excluding hydrogens is 260 g/mol. The Kier molecular flexibility index (Phi) is 3.60. The first-order valence-electron chi connectivity index (χ1n) is 7.29. The minimum atomic E-state index is 0.0826. The topological polar surface area (TPSA) is 66.0 Å². The fourth-order valence-corrected chi connectivity index (χ4v) is 2.87. The predicted octanol–water partition coefficient (Wildman–Crippen LogP) is 2.28. The summed E-state index contributed by atoms with van der Waals surface area (Å²) in [6.45, 7) is 3.79. The van der Waals surface area contributed by atoms with E-state index in [1.54, 1.807) is 0 Å². The summed E-state index contributed by atoms with van der Waals surface area (Å²) in [6, 6.07) is 12.4. The number of nitrogens with zero attached hydrogens (tertiary/aromatic N) is 2. The number of nitrogens with two attached hydrogens (primary N) is 1. The fourth-order valence-electron chi connectivity index (χ4n) is 2.87. The zero-order valence-corrected chi connectivity index (χ0v) is 12.3. The molecule has 4 nitrogen and oxygen atoms in total. The number of pyridine rings is 1. The van der Waals surface area contributed by atoms with Crippen LogP contribution in [0.15, 0.2) is 36.4 Å². The third kappa shape index (κ3) is 2.75. The molecule has 0 atom stereocenters. The molecule has 0 spiro atoms. The summed E-state index contributed by atoms with van der Waals surface area (Å²) in [5, 5.41) is 7.76. The van der Waals surface area contributed by atoms with E-state index in [1.807, 2.05) is 19.1 Å². The fraction of sp³-hybridized carbons (Fsp3) is 0.294. The molecule has 4 heteroatoms. The van der Waals surface area contributed by atoms with Gasteiger partial charge in [0.15, 0.2) is 0 Å². The summed E-state index contributed by atoms with van der Waals surface area (Å²) >= 11 is 0. The highest BCUT2D eigenvalue weighted by Crippen LogP contribution is 2.23. The highest BCUT2D eigenvalue weighted by molar-refractivity contribution is 5.99. The van der Waals surface area contributed by atoms with Gasteiger partial charge in [-0.05, 0) is 43.0 Å². The third-order valence-corrected chi connectivity index (χ3v) is 4.02. The van der Waals surface area contributed by atoms with E-state index >= 15 is 0 Å². The Bertz CT molecular complexity index is 651. The summed E-state index contributed by atoms with van der Waals surface area (Å²) in [6.07, 6.45) is 2.01. The van der Waals surface area contributed by atoms with E-state index in [2.05, 4.69) is 34.1 Å². The molecule has 0 saturated heterocycles. The van der Waals surface area contributed by atoms with E-state index in [0.717, 1.165) is 43.0 Å². The molecule has 3 N–H and O–H groups in total. The largest absolute Gasteiger partial charge is 0.384 e. The molecule has 1 aromatic carbocycles. The Balaban J connectivity index is 1.93. The van der Waals surface area contributed by atoms with Gasteiger partial charge in [0.25, 0.3) is 0 Å². The molecule has 0 saturated carbocycles. The zero-order chi connectivity index (χ0) is 14.8. The zero-order valence-electron chi connectivity index (χ0n) is 12.3. The number of aryl methyl sites for hydroxylation is 1. The second-order valence-electron chi connectivity index (χ2n) is 5.49. The number of aromatic nitrogens is 1. The number of hydrogen-bond acceptors (Lipinski definition) is 3. The van der Waals surface area contributed by atoms with Gasteiger partial charge in [-0.25, -0.2) is 4.98 Å². The Hall–Kier alpha value is -2.36. The van der Waals surface area contributed by atoms with Crippen molar-refractivity contribution < 1.29 is 0 Å². The molecule has 3 rings (SSSR count). The number of amidine groups is 1. The van der Waals surface area contributed by atoms with Crippen LogP contribution in [-0.2, 0) is 12.8 Å². The van der Waals surface area contributed by atoms with Crippen LogP contribution in [0.3, 0.4) is 0 Å². The molecule has 2 heterocycles. The van der Waals surface area contributed by atoms with Crippen molar-refractivity contribution in [2.45, 2.75) is 19.8 Å². The van der Waals surface area contributed by atoms with Crippen molar-refractivity contribution in [2.24, 2.45) is 5.73 Å². The monoisotopic (exact) mass is 280 g/mol. The molecule has 0 amide bonds. The van der Waals surface area contributed by atoms with Crippen LogP contribution in [0.25, 0.3) is 0 Å². The molecule has 1 aliphatic rings. The van der Waals surface area contributed by atoms with Gasteiger partial charge in [-0.1, -0.05) is 24.3 Å². The number of anilines is 1. The first-order valence-corrected chi connectivity index (χ1v) is 7.29. The van der Waals surface area contributed by atoms with E-state index in [4.69, 9.17) is 11.1 Å². The minimum absolute atomic E-state index is 0.0826. The van der Waals surface area contributed by atoms with Crippen LogP contribution < -0.4 is 10.6 Å². The second kappa shape index (κ2) is 5.56. The number of rotatable bonds is 2.